The first kappa shape index (κ1) is 15.6. The Morgan fingerprint density at radius 1 is 1.33 bits per heavy atom. The highest BCUT2D eigenvalue weighted by molar-refractivity contribution is 5.64. The SMILES string of the molecule is C=CCN(C)/C=N\c1cc(C)c(OCC2(C)CC2)cc1C. The van der Waals surface area contributed by atoms with Gasteiger partial charge in [0.25, 0.3) is 0 Å². The number of aryl methyl sites for hydroxylation is 2. The van der Waals surface area contributed by atoms with E-state index in [1.54, 1.807) is 0 Å². The van der Waals surface area contributed by atoms with Crippen LogP contribution in [0.5, 0.6) is 5.75 Å². The molecule has 1 aliphatic carbocycles. The maximum atomic E-state index is 5.99. The van der Waals surface area contributed by atoms with Crippen molar-refractivity contribution in [3.05, 3.63) is 35.9 Å². The molecule has 0 aromatic heterocycles. The predicted octanol–water partition coefficient (Wildman–Crippen LogP) is 4.26. The summed E-state index contributed by atoms with van der Waals surface area (Å²) in [6, 6.07) is 4.19. The van der Waals surface area contributed by atoms with Crippen LogP contribution in [0.25, 0.3) is 0 Å². The van der Waals surface area contributed by atoms with Gasteiger partial charge in [0.1, 0.15) is 5.75 Å². The molecular weight excluding hydrogens is 260 g/mol. The van der Waals surface area contributed by atoms with E-state index in [1.165, 1.54) is 12.8 Å². The molecule has 0 atom stereocenters. The molecule has 1 fully saturated rings. The van der Waals surface area contributed by atoms with Crippen molar-refractivity contribution in [2.24, 2.45) is 10.4 Å². The van der Waals surface area contributed by atoms with E-state index < -0.39 is 0 Å². The average molecular weight is 286 g/mol. The Hall–Kier alpha value is -1.77. The van der Waals surface area contributed by atoms with Gasteiger partial charge in [-0.3, -0.25) is 0 Å². The standard InChI is InChI=1S/C18H26N2O/c1-6-9-20(5)13-19-16-10-15(3)17(11-14(16)2)21-12-18(4)7-8-18/h6,10-11,13H,1,7-9,12H2,2-5H3/b19-13-. The van der Waals surface area contributed by atoms with Crippen molar-refractivity contribution in [3.63, 3.8) is 0 Å². The molecule has 2 rings (SSSR count). The van der Waals surface area contributed by atoms with E-state index in [0.29, 0.717) is 5.41 Å². The maximum Gasteiger partial charge on any atom is 0.122 e. The van der Waals surface area contributed by atoms with Gasteiger partial charge in [-0.05, 0) is 49.9 Å². The molecule has 0 N–H and O–H groups in total. The van der Waals surface area contributed by atoms with Crippen molar-refractivity contribution in [1.29, 1.82) is 0 Å². The van der Waals surface area contributed by atoms with Crippen LogP contribution in [0.4, 0.5) is 5.69 Å². The van der Waals surface area contributed by atoms with E-state index in [-0.39, 0.29) is 0 Å². The lowest BCUT2D eigenvalue weighted by molar-refractivity contribution is 0.246. The Bertz CT molecular complexity index is 544. The van der Waals surface area contributed by atoms with Gasteiger partial charge in [-0.25, -0.2) is 4.99 Å². The van der Waals surface area contributed by atoms with Crippen LogP contribution in [0, 0.1) is 19.3 Å². The van der Waals surface area contributed by atoms with Crippen LogP contribution in [0.2, 0.25) is 0 Å². The molecule has 0 bridgehead atoms. The molecule has 1 aliphatic rings. The molecule has 0 heterocycles. The quantitative estimate of drug-likeness (QED) is 0.425. The van der Waals surface area contributed by atoms with Gasteiger partial charge in [-0.15, -0.1) is 6.58 Å². The third-order valence-electron chi connectivity index (χ3n) is 3.98. The van der Waals surface area contributed by atoms with Crippen LogP contribution < -0.4 is 4.74 Å². The molecule has 3 nitrogen and oxygen atoms in total. The fraction of sp³-hybridized carbons (Fsp3) is 0.500. The Morgan fingerprint density at radius 3 is 2.67 bits per heavy atom. The van der Waals surface area contributed by atoms with Crippen LogP contribution in [-0.4, -0.2) is 31.4 Å². The molecule has 1 aromatic carbocycles. The summed E-state index contributed by atoms with van der Waals surface area (Å²) in [6.07, 6.45) is 6.26. The summed E-state index contributed by atoms with van der Waals surface area (Å²) in [5.74, 6) is 0.985. The van der Waals surface area contributed by atoms with Gasteiger partial charge in [0.2, 0.25) is 0 Å². The third-order valence-corrected chi connectivity index (χ3v) is 3.98. The van der Waals surface area contributed by atoms with Crippen molar-refractivity contribution in [2.75, 3.05) is 20.2 Å². The van der Waals surface area contributed by atoms with Crippen LogP contribution in [0.15, 0.2) is 29.8 Å². The van der Waals surface area contributed by atoms with Gasteiger partial charge in [0, 0.05) is 19.0 Å². The minimum atomic E-state index is 0.407. The largest absolute Gasteiger partial charge is 0.493 e. The summed E-state index contributed by atoms with van der Waals surface area (Å²) in [6.45, 7) is 11.8. The normalized spacial score (nSPS) is 16.0. The lowest BCUT2D eigenvalue weighted by Gasteiger charge is -2.15. The second kappa shape index (κ2) is 6.33. The van der Waals surface area contributed by atoms with Crippen molar-refractivity contribution >= 4 is 12.0 Å². The highest BCUT2D eigenvalue weighted by atomic mass is 16.5. The first-order valence-electron chi connectivity index (χ1n) is 7.53. The molecule has 3 heteroatoms. The van der Waals surface area contributed by atoms with E-state index in [2.05, 4.69) is 44.5 Å². The fourth-order valence-corrected chi connectivity index (χ4v) is 2.09. The summed E-state index contributed by atoms with van der Waals surface area (Å²) < 4.78 is 5.99. The lowest BCUT2D eigenvalue weighted by atomic mass is 10.1. The van der Waals surface area contributed by atoms with Crippen LogP contribution >= 0.6 is 0 Å². The van der Waals surface area contributed by atoms with Gasteiger partial charge >= 0.3 is 0 Å². The smallest absolute Gasteiger partial charge is 0.122 e. The van der Waals surface area contributed by atoms with Crippen molar-refractivity contribution in [3.8, 4) is 5.75 Å². The number of aliphatic imine (C=N–C) groups is 1. The first-order valence-corrected chi connectivity index (χ1v) is 7.53. The number of hydrogen-bond donors (Lipinski definition) is 0. The molecule has 0 amide bonds. The first-order chi connectivity index (χ1) is 9.93. The van der Waals surface area contributed by atoms with Gasteiger partial charge < -0.3 is 9.64 Å². The zero-order chi connectivity index (χ0) is 15.5. The van der Waals surface area contributed by atoms with Crippen molar-refractivity contribution in [2.45, 2.75) is 33.6 Å². The Labute approximate surface area is 128 Å². The Balaban J connectivity index is 2.07. The van der Waals surface area contributed by atoms with E-state index in [9.17, 15) is 0 Å². The third kappa shape index (κ3) is 4.35. The zero-order valence-corrected chi connectivity index (χ0v) is 13.6. The van der Waals surface area contributed by atoms with Gasteiger partial charge in [0.15, 0.2) is 0 Å². The zero-order valence-electron chi connectivity index (χ0n) is 13.6. The molecule has 114 valence electrons. The van der Waals surface area contributed by atoms with E-state index >= 15 is 0 Å². The second-order valence-corrected chi connectivity index (χ2v) is 6.48. The Kier molecular flexibility index (Phi) is 4.71. The summed E-state index contributed by atoms with van der Waals surface area (Å²) in [4.78, 5) is 6.55. The van der Waals surface area contributed by atoms with Crippen LogP contribution in [0.1, 0.15) is 30.9 Å². The van der Waals surface area contributed by atoms with Crippen LogP contribution in [-0.2, 0) is 0 Å². The number of hydrogen-bond acceptors (Lipinski definition) is 2. The van der Waals surface area contributed by atoms with E-state index in [0.717, 1.165) is 35.7 Å². The predicted molar refractivity (Wildman–Crippen MR) is 89.7 cm³/mol. The van der Waals surface area contributed by atoms with E-state index in [4.69, 9.17) is 4.74 Å². The van der Waals surface area contributed by atoms with Gasteiger partial charge in [-0.2, -0.15) is 0 Å². The molecule has 0 spiro atoms. The van der Waals surface area contributed by atoms with Gasteiger partial charge in [0.05, 0.1) is 18.6 Å². The molecule has 1 aromatic rings. The minimum Gasteiger partial charge on any atom is -0.493 e. The van der Waals surface area contributed by atoms with Crippen LogP contribution in [0.3, 0.4) is 0 Å². The summed E-state index contributed by atoms with van der Waals surface area (Å²) in [5.41, 5.74) is 3.68. The van der Waals surface area contributed by atoms with Crippen molar-refractivity contribution < 1.29 is 4.74 Å². The number of benzene rings is 1. The fourth-order valence-electron chi connectivity index (χ4n) is 2.09. The monoisotopic (exact) mass is 286 g/mol. The molecule has 0 aliphatic heterocycles. The topological polar surface area (TPSA) is 24.8 Å². The average Bonchev–Trinajstić information content (AvgIpc) is 3.16. The second-order valence-electron chi connectivity index (χ2n) is 6.48. The minimum absolute atomic E-state index is 0.407. The number of ether oxygens (including phenoxy) is 1. The number of likely N-dealkylation sites (N-methyl/N-ethyl adjacent to an activating group) is 1. The van der Waals surface area contributed by atoms with Gasteiger partial charge in [-0.1, -0.05) is 13.0 Å². The molecule has 0 saturated heterocycles. The molecule has 0 unspecified atom stereocenters. The highest BCUT2D eigenvalue weighted by Gasteiger charge is 2.38. The molecule has 1 saturated carbocycles. The maximum absolute atomic E-state index is 5.99. The van der Waals surface area contributed by atoms with E-state index in [1.807, 2.05) is 24.4 Å². The lowest BCUT2D eigenvalue weighted by Crippen LogP contribution is -2.15. The summed E-state index contributed by atoms with van der Waals surface area (Å²) in [7, 11) is 1.99. The molecular formula is C18H26N2O. The highest BCUT2D eigenvalue weighted by Crippen LogP contribution is 2.45. The number of nitrogens with zero attached hydrogens (tertiary/aromatic N) is 2. The Morgan fingerprint density at radius 2 is 2.05 bits per heavy atom. The molecule has 21 heavy (non-hydrogen) atoms. The van der Waals surface area contributed by atoms with Crippen molar-refractivity contribution in [1.82, 2.24) is 4.90 Å². The number of rotatable bonds is 7. The molecule has 0 radical (unpaired) electrons. The summed E-state index contributed by atoms with van der Waals surface area (Å²) >= 11 is 0. The summed E-state index contributed by atoms with van der Waals surface area (Å²) in [5, 5.41) is 0.